The fraction of sp³-hybridized carbons (Fsp3) is 0.333. The molecule has 1 aromatic rings. The van der Waals surface area contributed by atoms with Gasteiger partial charge in [-0.15, -0.1) is 11.3 Å². The maximum atomic E-state index is 7.50. The topological polar surface area (TPSA) is 104 Å². The number of unbranched alkanes of at least 4 members (excludes halogenated alkanes) is 1. The average molecular weight is 390 g/mol. The van der Waals surface area contributed by atoms with E-state index in [2.05, 4.69) is 40.6 Å². The van der Waals surface area contributed by atoms with E-state index in [1.165, 1.54) is 0 Å². The Morgan fingerprint density at radius 3 is 1.75 bits per heavy atom. The molecule has 0 saturated heterocycles. The molecule has 0 saturated carbocycles. The van der Waals surface area contributed by atoms with Crippen molar-refractivity contribution >= 4 is 45.3 Å². The Labute approximate surface area is 158 Å². The monoisotopic (exact) mass is 390 g/mol. The van der Waals surface area contributed by atoms with E-state index in [1.54, 1.807) is 18.4 Å². The van der Waals surface area contributed by atoms with Crippen molar-refractivity contribution in [2.75, 3.05) is 20.3 Å². The van der Waals surface area contributed by atoms with Gasteiger partial charge in [-0.25, -0.2) is 0 Å². The van der Waals surface area contributed by atoms with Crippen molar-refractivity contribution in [3.8, 4) is 0 Å². The van der Waals surface area contributed by atoms with Gasteiger partial charge in [0.15, 0.2) is 6.61 Å². The number of ether oxygens (including phenoxy) is 2. The predicted molar refractivity (Wildman–Crippen MR) is 82.2 cm³/mol. The molecule has 0 atom stereocenters. The second kappa shape index (κ2) is 57.8. The Hall–Kier alpha value is -1.50. The summed E-state index contributed by atoms with van der Waals surface area (Å²) >= 11 is 1.63. The predicted octanol–water partition coefficient (Wildman–Crippen LogP) is 0.590. The molecule has 9 heteroatoms. The van der Waals surface area contributed by atoms with Gasteiger partial charge in [0, 0.05) is 42.6 Å². The molecule has 0 unspecified atom stereocenters. The fourth-order valence-electron chi connectivity index (χ4n) is 0.879. The van der Waals surface area contributed by atoms with Crippen LogP contribution >= 0.6 is 11.3 Å². The molecule has 24 heavy (non-hydrogen) atoms. The molecule has 128 valence electrons. The first kappa shape index (κ1) is 38.2. The minimum Gasteiger partial charge on any atom is -0.385 e. The molecule has 7 nitrogen and oxygen atoms in total. The largest absolute Gasteiger partial charge is 0.385 e. The van der Waals surface area contributed by atoms with Crippen LogP contribution in [0, 0.1) is 6.61 Å². The molecule has 0 aliphatic heterocycles. The van der Waals surface area contributed by atoms with Crippen LogP contribution in [0.25, 0.3) is 0 Å². The Bertz CT molecular complexity index is 265. The van der Waals surface area contributed by atoms with E-state index in [0.717, 1.165) is 30.9 Å². The molecule has 1 rings (SSSR count). The molecular weight excluding hydrogens is 376 g/mol. The van der Waals surface area contributed by atoms with Crippen LogP contribution in [0.1, 0.15) is 17.7 Å². The molecule has 0 aliphatic carbocycles. The summed E-state index contributed by atoms with van der Waals surface area (Å²) in [5.41, 5.74) is 0. The molecule has 12 radical (unpaired) electrons. The summed E-state index contributed by atoms with van der Waals surface area (Å²) in [7, 11) is 1.71. The number of methoxy groups -OCH3 is 1. The summed E-state index contributed by atoms with van der Waals surface area (Å²) < 4.78 is 10.1. The van der Waals surface area contributed by atoms with Crippen LogP contribution < -0.4 is 0 Å². The summed E-state index contributed by atoms with van der Waals surface area (Å²) in [4.78, 5) is 38.5. The number of thiophene rings is 1. The minimum atomic E-state index is 0. The number of hydrogen-bond donors (Lipinski definition) is 0. The smallest absolute Gasteiger partial charge is 0.281 e. The van der Waals surface area contributed by atoms with E-state index in [-0.39, 0.29) is 17.4 Å². The van der Waals surface area contributed by atoms with Gasteiger partial charge in [-0.1, -0.05) is 6.07 Å². The zero-order valence-electron chi connectivity index (χ0n) is 12.7. The van der Waals surface area contributed by atoms with E-state index >= 15 is 0 Å². The molecule has 1 heterocycles. The molecule has 0 amide bonds. The van der Waals surface area contributed by atoms with E-state index < -0.39 is 0 Å². The Balaban J connectivity index is -0.0000000634. The van der Waals surface area contributed by atoms with Crippen molar-refractivity contribution in [1.82, 2.24) is 0 Å². The SMILES string of the molecule is COCCCCO[C]c1cccs1.[C]=O.[C]=O.[C]=O.[C]=O.[C]=O.[Cr]. The van der Waals surface area contributed by atoms with Crippen LogP contribution in [0.4, 0.5) is 0 Å². The second-order valence-corrected chi connectivity index (χ2v) is 3.58. The van der Waals surface area contributed by atoms with Gasteiger partial charge in [-0.3, -0.25) is 24.0 Å². The fourth-order valence-corrected chi connectivity index (χ4v) is 1.45. The summed E-state index contributed by atoms with van der Waals surface area (Å²) in [6.07, 6.45) is 2.06. The Morgan fingerprint density at radius 1 is 0.917 bits per heavy atom. The summed E-state index contributed by atoms with van der Waals surface area (Å²) in [5.74, 6) is 0. The van der Waals surface area contributed by atoms with E-state index in [0.29, 0.717) is 0 Å². The zero-order chi connectivity index (χ0) is 19.4. The Kier molecular flexibility index (Phi) is 92.0. The van der Waals surface area contributed by atoms with Crippen LogP contribution in [0.15, 0.2) is 17.5 Å². The van der Waals surface area contributed by atoms with E-state index in [4.69, 9.17) is 33.4 Å². The third-order valence-electron chi connectivity index (χ3n) is 1.54. The molecular formula is C15H14CrO7S. The third-order valence-corrected chi connectivity index (χ3v) is 2.31. The second-order valence-electron chi connectivity index (χ2n) is 2.63. The number of carbonyl (C=O) groups excluding carboxylic acids is 5. The van der Waals surface area contributed by atoms with Crippen molar-refractivity contribution in [1.29, 1.82) is 0 Å². The average Bonchev–Trinajstić information content (AvgIpc) is 3.20. The van der Waals surface area contributed by atoms with E-state index in [9.17, 15) is 0 Å². The molecule has 0 fully saturated rings. The standard InChI is InChI=1S/C10H14O2S.5CO.Cr/c1-11-6-2-3-7-12-9-10-5-4-8-13-10;5*1-2;/h4-5,8H,2-3,6-7H2,1H3;;;;;;. The maximum Gasteiger partial charge on any atom is 0.281 e. The quantitative estimate of drug-likeness (QED) is 0.628. The number of hydrogen-bond acceptors (Lipinski definition) is 8. The van der Waals surface area contributed by atoms with Gasteiger partial charge in [0.2, 0.25) is 0 Å². The summed E-state index contributed by atoms with van der Waals surface area (Å²) in [5, 5.41) is 2.01. The van der Waals surface area contributed by atoms with Gasteiger partial charge in [-0.05, 0) is 24.3 Å². The van der Waals surface area contributed by atoms with Crippen molar-refractivity contribution < 1.29 is 50.8 Å². The van der Waals surface area contributed by atoms with Gasteiger partial charge in [0.05, 0.1) is 0 Å². The molecule has 0 bridgehead atoms. The molecule has 0 aromatic carbocycles. The van der Waals surface area contributed by atoms with Gasteiger partial charge < -0.3 is 9.47 Å². The van der Waals surface area contributed by atoms with Gasteiger partial charge in [0.1, 0.15) is 0 Å². The molecule has 0 aliphatic rings. The third kappa shape index (κ3) is 42.8. The summed E-state index contributed by atoms with van der Waals surface area (Å²) in [6.45, 7) is 26.9. The molecule has 0 N–H and O–H groups in total. The van der Waals surface area contributed by atoms with Crippen LogP contribution in [0.5, 0.6) is 0 Å². The van der Waals surface area contributed by atoms with Gasteiger partial charge >= 0.3 is 0 Å². The normalized spacial score (nSPS) is 6.54. The Morgan fingerprint density at radius 2 is 1.38 bits per heavy atom. The molecule has 1 aromatic heterocycles. The van der Waals surface area contributed by atoms with Gasteiger partial charge in [0.25, 0.3) is 33.9 Å². The number of rotatable bonds is 7. The van der Waals surface area contributed by atoms with Crippen LogP contribution in [-0.2, 0) is 50.8 Å². The first-order chi connectivity index (χ1) is 11.4. The minimum absolute atomic E-state index is 0. The summed E-state index contributed by atoms with van der Waals surface area (Å²) in [6, 6.07) is 3.97. The van der Waals surface area contributed by atoms with Crippen molar-refractivity contribution in [3.05, 3.63) is 29.0 Å². The maximum absolute atomic E-state index is 7.50. The first-order valence-electron chi connectivity index (χ1n) is 5.36. The van der Waals surface area contributed by atoms with Gasteiger partial charge in [-0.2, -0.15) is 0 Å². The molecule has 0 spiro atoms. The van der Waals surface area contributed by atoms with Crippen LogP contribution in [0.3, 0.4) is 0 Å². The van der Waals surface area contributed by atoms with Crippen molar-refractivity contribution in [2.45, 2.75) is 12.8 Å². The van der Waals surface area contributed by atoms with Crippen LogP contribution in [0.2, 0.25) is 0 Å². The van der Waals surface area contributed by atoms with Crippen LogP contribution in [-0.4, -0.2) is 54.3 Å². The zero-order valence-corrected chi connectivity index (χ0v) is 14.8. The van der Waals surface area contributed by atoms with E-state index in [1.807, 2.05) is 17.5 Å². The van der Waals surface area contributed by atoms with Crippen molar-refractivity contribution in [3.63, 3.8) is 0 Å². The first-order valence-corrected chi connectivity index (χ1v) is 6.24. The van der Waals surface area contributed by atoms with Crippen molar-refractivity contribution in [2.24, 2.45) is 0 Å².